The first-order chi connectivity index (χ1) is 13.8. The second kappa shape index (κ2) is 8.27. The first-order valence-electron chi connectivity index (χ1n) is 8.51. The molecule has 0 aliphatic carbocycles. The maximum Gasteiger partial charge on any atom is 0.416 e. The van der Waals surface area contributed by atoms with Crippen LogP contribution in [-0.4, -0.2) is 25.5 Å². The van der Waals surface area contributed by atoms with Crippen molar-refractivity contribution in [3.63, 3.8) is 0 Å². The largest absolute Gasteiger partial charge is 0.416 e. The number of imidazole rings is 1. The quantitative estimate of drug-likeness (QED) is 0.659. The SMILES string of the molecule is C=Cc1cc(C(=O)Nc2cn(Cc3cccc(C(F)(F)F)c3)cn2)cnc1CO. The highest BCUT2D eigenvalue weighted by Gasteiger charge is 2.30. The lowest BCUT2D eigenvalue weighted by molar-refractivity contribution is -0.137. The van der Waals surface area contributed by atoms with Crippen LogP contribution in [0.5, 0.6) is 0 Å². The highest BCUT2D eigenvalue weighted by Crippen LogP contribution is 2.29. The Kier molecular flexibility index (Phi) is 5.79. The molecule has 2 aromatic heterocycles. The van der Waals surface area contributed by atoms with Crippen LogP contribution in [0.3, 0.4) is 0 Å². The zero-order chi connectivity index (χ0) is 21.0. The molecule has 3 rings (SSSR count). The monoisotopic (exact) mass is 402 g/mol. The van der Waals surface area contributed by atoms with E-state index in [-0.39, 0.29) is 24.5 Å². The maximum atomic E-state index is 12.8. The summed E-state index contributed by atoms with van der Waals surface area (Å²) in [5.74, 6) is -0.220. The summed E-state index contributed by atoms with van der Waals surface area (Å²) < 4.78 is 40.0. The lowest BCUT2D eigenvalue weighted by Gasteiger charge is -2.09. The Balaban J connectivity index is 1.71. The number of nitrogens with one attached hydrogen (secondary N) is 1. The Hall–Kier alpha value is -3.46. The van der Waals surface area contributed by atoms with Crippen molar-refractivity contribution in [3.05, 3.63) is 83.6 Å². The molecular weight excluding hydrogens is 385 g/mol. The van der Waals surface area contributed by atoms with Crippen LogP contribution in [0.4, 0.5) is 19.0 Å². The van der Waals surface area contributed by atoms with E-state index in [0.29, 0.717) is 16.8 Å². The number of carbonyl (C=O) groups is 1. The van der Waals surface area contributed by atoms with Crippen molar-refractivity contribution >= 4 is 17.8 Å². The van der Waals surface area contributed by atoms with E-state index in [1.54, 1.807) is 16.7 Å². The Morgan fingerprint density at radius 1 is 1.28 bits per heavy atom. The molecule has 1 aromatic carbocycles. The molecular formula is C20H17F3N4O2. The van der Waals surface area contributed by atoms with Gasteiger partial charge in [0.25, 0.3) is 5.91 Å². The topological polar surface area (TPSA) is 80.0 Å². The Morgan fingerprint density at radius 2 is 2.07 bits per heavy atom. The van der Waals surface area contributed by atoms with E-state index in [9.17, 15) is 23.1 Å². The third-order valence-electron chi connectivity index (χ3n) is 4.13. The summed E-state index contributed by atoms with van der Waals surface area (Å²) in [6.45, 7) is 3.51. The van der Waals surface area contributed by atoms with Gasteiger partial charge in [-0.05, 0) is 29.3 Å². The molecule has 3 aromatic rings. The number of aliphatic hydroxyl groups excluding tert-OH is 1. The van der Waals surface area contributed by atoms with Crippen molar-refractivity contribution in [2.24, 2.45) is 0 Å². The number of nitrogens with zero attached hydrogens (tertiary/aromatic N) is 3. The van der Waals surface area contributed by atoms with Gasteiger partial charge in [-0.15, -0.1) is 0 Å². The minimum Gasteiger partial charge on any atom is -0.390 e. The standard InChI is InChI=1S/C20H17F3N4O2/c1-2-14-7-15(8-24-17(14)11-28)19(29)26-18-10-27(12-25-18)9-13-4-3-5-16(6-13)20(21,22)23/h2-8,10,12,28H,1,9,11H2,(H,26,29). The summed E-state index contributed by atoms with van der Waals surface area (Å²) in [5.41, 5.74) is 0.927. The molecule has 0 saturated heterocycles. The number of hydrogen-bond donors (Lipinski definition) is 2. The Bertz CT molecular complexity index is 1040. The van der Waals surface area contributed by atoms with Gasteiger partial charge in [0.1, 0.15) is 0 Å². The van der Waals surface area contributed by atoms with Crippen molar-refractivity contribution in [2.45, 2.75) is 19.3 Å². The smallest absolute Gasteiger partial charge is 0.390 e. The number of rotatable bonds is 6. The molecule has 6 nitrogen and oxygen atoms in total. The van der Waals surface area contributed by atoms with E-state index in [1.165, 1.54) is 30.9 Å². The molecule has 0 saturated carbocycles. The highest BCUT2D eigenvalue weighted by molar-refractivity contribution is 6.03. The number of pyridine rings is 1. The van der Waals surface area contributed by atoms with Crippen molar-refractivity contribution < 1.29 is 23.1 Å². The van der Waals surface area contributed by atoms with E-state index in [4.69, 9.17) is 0 Å². The summed E-state index contributed by atoms with van der Waals surface area (Å²) in [6.07, 6.45) is 1.33. The van der Waals surface area contributed by atoms with Crippen LogP contribution in [0.2, 0.25) is 0 Å². The average Bonchev–Trinajstić information content (AvgIpc) is 3.13. The second-order valence-electron chi connectivity index (χ2n) is 6.21. The normalized spacial score (nSPS) is 11.3. The first-order valence-corrected chi connectivity index (χ1v) is 8.51. The van der Waals surface area contributed by atoms with Gasteiger partial charge >= 0.3 is 6.18 Å². The number of anilines is 1. The number of hydrogen-bond acceptors (Lipinski definition) is 4. The molecule has 0 spiro atoms. The third kappa shape index (κ3) is 4.88. The fourth-order valence-electron chi connectivity index (χ4n) is 2.70. The van der Waals surface area contributed by atoms with Crippen molar-refractivity contribution in [1.29, 1.82) is 0 Å². The number of benzene rings is 1. The average molecular weight is 402 g/mol. The molecule has 29 heavy (non-hydrogen) atoms. The van der Waals surface area contributed by atoms with Crippen molar-refractivity contribution in [2.75, 3.05) is 5.32 Å². The van der Waals surface area contributed by atoms with Crippen molar-refractivity contribution in [1.82, 2.24) is 14.5 Å². The molecule has 0 bridgehead atoms. The molecule has 0 radical (unpaired) electrons. The fourth-order valence-corrected chi connectivity index (χ4v) is 2.70. The fraction of sp³-hybridized carbons (Fsp3) is 0.150. The summed E-state index contributed by atoms with van der Waals surface area (Å²) in [5, 5.41) is 11.8. The van der Waals surface area contributed by atoms with Crippen LogP contribution in [0.15, 0.2) is 55.6 Å². The lowest BCUT2D eigenvalue weighted by Crippen LogP contribution is -2.13. The third-order valence-corrected chi connectivity index (χ3v) is 4.13. The van der Waals surface area contributed by atoms with Gasteiger partial charge in [-0.3, -0.25) is 9.78 Å². The molecule has 150 valence electrons. The van der Waals surface area contributed by atoms with Gasteiger partial charge in [-0.25, -0.2) is 4.98 Å². The van der Waals surface area contributed by atoms with Crippen LogP contribution in [0, 0.1) is 0 Å². The molecule has 1 amide bonds. The minimum atomic E-state index is -4.41. The van der Waals surface area contributed by atoms with E-state index >= 15 is 0 Å². The van der Waals surface area contributed by atoms with Gasteiger partial charge < -0.3 is 15.0 Å². The predicted octanol–water partition coefficient (Wildman–Crippen LogP) is 3.73. The molecule has 2 N–H and O–H groups in total. The summed E-state index contributed by atoms with van der Waals surface area (Å²) in [4.78, 5) is 20.5. The van der Waals surface area contributed by atoms with Crippen LogP contribution in [-0.2, 0) is 19.3 Å². The zero-order valence-corrected chi connectivity index (χ0v) is 15.1. The summed E-state index contributed by atoms with van der Waals surface area (Å²) in [6, 6.07) is 6.55. The minimum absolute atomic E-state index is 0.167. The van der Waals surface area contributed by atoms with Crippen LogP contribution < -0.4 is 5.32 Å². The van der Waals surface area contributed by atoms with Gasteiger partial charge in [0.05, 0.1) is 29.8 Å². The zero-order valence-electron chi connectivity index (χ0n) is 15.1. The number of halogens is 3. The molecule has 0 unspecified atom stereocenters. The molecule has 2 heterocycles. The summed E-state index contributed by atoms with van der Waals surface area (Å²) >= 11 is 0. The van der Waals surface area contributed by atoms with Gasteiger partial charge in [-0.1, -0.05) is 24.8 Å². The van der Waals surface area contributed by atoms with E-state index in [1.807, 2.05) is 0 Å². The van der Waals surface area contributed by atoms with Gasteiger partial charge in [-0.2, -0.15) is 13.2 Å². The lowest BCUT2D eigenvalue weighted by atomic mass is 10.1. The maximum absolute atomic E-state index is 12.8. The van der Waals surface area contributed by atoms with Gasteiger partial charge in [0.15, 0.2) is 5.82 Å². The molecule has 0 fully saturated rings. The molecule has 0 aliphatic rings. The number of aliphatic hydroxyl groups is 1. The molecule has 0 aliphatic heterocycles. The number of alkyl halides is 3. The number of amides is 1. The first kappa shape index (κ1) is 20.3. The van der Waals surface area contributed by atoms with Crippen molar-refractivity contribution in [3.8, 4) is 0 Å². The Labute approximate surface area is 164 Å². The Morgan fingerprint density at radius 3 is 2.76 bits per heavy atom. The van der Waals surface area contributed by atoms with Gasteiger partial charge in [0, 0.05) is 18.9 Å². The van der Waals surface area contributed by atoms with E-state index in [0.717, 1.165) is 12.1 Å². The molecule has 0 atom stereocenters. The van der Waals surface area contributed by atoms with E-state index < -0.39 is 17.6 Å². The number of aromatic nitrogens is 3. The van der Waals surface area contributed by atoms with Crippen LogP contribution >= 0.6 is 0 Å². The predicted molar refractivity (Wildman–Crippen MR) is 101 cm³/mol. The number of carbonyl (C=O) groups excluding carboxylic acids is 1. The van der Waals surface area contributed by atoms with E-state index in [2.05, 4.69) is 21.9 Å². The summed E-state index contributed by atoms with van der Waals surface area (Å²) in [7, 11) is 0. The molecule has 9 heteroatoms. The van der Waals surface area contributed by atoms with Crippen LogP contribution in [0.25, 0.3) is 6.08 Å². The van der Waals surface area contributed by atoms with Gasteiger partial charge in [0.2, 0.25) is 0 Å². The highest BCUT2D eigenvalue weighted by atomic mass is 19.4. The van der Waals surface area contributed by atoms with Crippen LogP contribution in [0.1, 0.15) is 32.7 Å². The second-order valence-corrected chi connectivity index (χ2v) is 6.21.